The number of nitrogens with zero attached hydrogens (tertiary/aromatic N) is 1. The second-order valence-corrected chi connectivity index (χ2v) is 4.44. The molecule has 13 heavy (non-hydrogen) atoms. The van der Waals surface area contributed by atoms with E-state index in [0.717, 1.165) is 4.90 Å². The summed E-state index contributed by atoms with van der Waals surface area (Å²) in [6.45, 7) is 2.09. The molecule has 0 aromatic carbocycles. The summed E-state index contributed by atoms with van der Waals surface area (Å²) in [7, 11) is 1.61. The van der Waals surface area contributed by atoms with Crippen LogP contribution in [0.3, 0.4) is 0 Å². The van der Waals surface area contributed by atoms with Gasteiger partial charge in [0.05, 0.1) is 7.11 Å². The molecular weight excluding hydrogens is 206 g/mol. The first-order chi connectivity index (χ1) is 6.26. The predicted molar refractivity (Wildman–Crippen MR) is 56.8 cm³/mol. The molecule has 1 heterocycles. The lowest BCUT2D eigenvalue weighted by atomic mass is 10.5. The molecule has 0 bridgehead atoms. The standard InChI is InChI=1S/C9H12ClNOS/c1-7(6-10)13-8-3-4-11-9(5-8)12-2/h3-5,7H,6H2,1-2H3. The van der Waals surface area contributed by atoms with Crippen molar-refractivity contribution in [1.82, 2.24) is 4.98 Å². The maximum atomic E-state index is 5.71. The van der Waals surface area contributed by atoms with Crippen LogP contribution in [0.25, 0.3) is 0 Å². The smallest absolute Gasteiger partial charge is 0.214 e. The Hall–Kier alpha value is -0.410. The highest BCUT2D eigenvalue weighted by Gasteiger charge is 2.03. The maximum absolute atomic E-state index is 5.71. The number of halogens is 1. The Morgan fingerprint density at radius 2 is 2.46 bits per heavy atom. The molecule has 0 saturated heterocycles. The summed E-state index contributed by atoms with van der Waals surface area (Å²) >= 11 is 7.43. The average molecular weight is 218 g/mol. The van der Waals surface area contributed by atoms with Gasteiger partial charge in [0, 0.05) is 28.3 Å². The lowest BCUT2D eigenvalue weighted by Crippen LogP contribution is -1.96. The van der Waals surface area contributed by atoms with Crippen molar-refractivity contribution >= 4 is 23.4 Å². The van der Waals surface area contributed by atoms with Crippen LogP contribution in [-0.2, 0) is 0 Å². The van der Waals surface area contributed by atoms with Gasteiger partial charge in [-0.25, -0.2) is 4.98 Å². The molecule has 0 saturated carbocycles. The van der Waals surface area contributed by atoms with Gasteiger partial charge in [0.1, 0.15) is 0 Å². The number of methoxy groups -OCH3 is 1. The number of rotatable bonds is 4. The zero-order valence-electron chi connectivity index (χ0n) is 7.66. The highest BCUT2D eigenvalue weighted by atomic mass is 35.5. The number of aromatic nitrogens is 1. The largest absolute Gasteiger partial charge is 0.481 e. The van der Waals surface area contributed by atoms with E-state index < -0.39 is 0 Å². The Balaban J connectivity index is 2.66. The van der Waals surface area contributed by atoms with Gasteiger partial charge in [-0.2, -0.15) is 0 Å². The van der Waals surface area contributed by atoms with Crippen molar-refractivity contribution in [3.63, 3.8) is 0 Å². The van der Waals surface area contributed by atoms with E-state index in [0.29, 0.717) is 17.0 Å². The minimum Gasteiger partial charge on any atom is -0.481 e. The molecule has 1 rings (SSSR count). The van der Waals surface area contributed by atoms with Gasteiger partial charge in [-0.1, -0.05) is 6.92 Å². The van der Waals surface area contributed by atoms with Crippen LogP contribution in [0.4, 0.5) is 0 Å². The first-order valence-electron chi connectivity index (χ1n) is 3.99. The minimum absolute atomic E-state index is 0.411. The third-order valence-corrected chi connectivity index (χ3v) is 3.21. The number of pyridine rings is 1. The van der Waals surface area contributed by atoms with Crippen LogP contribution in [-0.4, -0.2) is 23.2 Å². The number of hydrogen-bond donors (Lipinski definition) is 0. The SMILES string of the molecule is COc1cc(SC(C)CCl)ccn1. The Morgan fingerprint density at radius 3 is 3.08 bits per heavy atom. The molecule has 1 aromatic heterocycles. The van der Waals surface area contributed by atoms with E-state index in [1.807, 2.05) is 12.1 Å². The summed E-state index contributed by atoms with van der Waals surface area (Å²) in [6, 6.07) is 3.87. The monoisotopic (exact) mass is 217 g/mol. The molecule has 72 valence electrons. The molecule has 0 N–H and O–H groups in total. The normalized spacial score (nSPS) is 12.5. The molecule has 0 spiro atoms. The lowest BCUT2D eigenvalue weighted by molar-refractivity contribution is 0.396. The second-order valence-electron chi connectivity index (χ2n) is 2.62. The Kier molecular flexibility index (Phi) is 4.39. The zero-order chi connectivity index (χ0) is 9.68. The Bertz CT molecular complexity index is 270. The highest BCUT2D eigenvalue weighted by molar-refractivity contribution is 8.00. The van der Waals surface area contributed by atoms with Gasteiger partial charge < -0.3 is 4.74 Å². The van der Waals surface area contributed by atoms with Gasteiger partial charge in [0.25, 0.3) is 0 Å². The van der Waals surface area contributed by atoms with E-state index in [4.69, 9.17) is 16.3 Å². The van der Waals surface area contributed by atoms with E-state index in [9.17, 15) is 0 Å². The van der Waals surface area contributed by atoms with Crippen LogP contribution >= 0.6 is 23.4 Å². The number of ether oxygens (including phenoxy) is 1. The van der Waals surface area contributed by atoms with Crippen LogP contribution in [0.15, 0.2) is 23.2 Å². The first kappa shape index (κ1) is 10.7. The quantitative estimate of drug-likeness (QED) is 0.572. The van der Waals surface area contributed by atoms with Crippen molar-refractivity contribution in [3.8, 4) is 5.88 Å². The van der Waals surface area contributed by atoms with Crippen LogP contribution in [0, 0.1) is 0 Å². The predicted octanol–water partition coefficient (Wildman–Crippen LogP) is 2.81. The van der Waals surface area contributed by atoms with Crippen molar-refractivity contribution in [1.29, 1.82) is 0 Å². The van der Waals surface area contributed by atoms with Crippen molar-refractivity contribution in [2.45, 2.75) is 17.1 Å². The Labute approximate surface area is 87.7 Å². The molecule has 0 aliphatic heterocycles. The molecule has 0 amide bonds. The van der Waals surface area contributed by atoms with Crippen molar-refractivity contribution in [2.75, 3.05) is 13.0 Å². The van der Waals surface area contributed by atoms with Crippen LogP contribution in [0.2, 0.25) is 0 Å². The summed E-state index contributed by atoms with van der Waals surface area (Å²) in [6.07, 6.45) is 1.74. The van der Waals surface area contributed by atoms with Crippen LogP contribution < -0.4 is 4.74 Å². The molecule has 0 aliphatic carbocycles. The number of thioether (sulfide) groups is 1. The molecule has 0 radical (unpaired) electrons. The van der Waals surface area contributed by atoms with Crippen molar-refractivity contribution in [3.05, 3.63) is 18.3 Å². The number of alkyl halides is 1. The molecule has 4 heteroatoms. The van der Waals surface area contributed by atoms with E-state index in [-0.39, 0.29) is 0 Å². The van der Waals surface area contributed by atoms with E-state index >= 15 is 0 Å². The van der Waals surface area contributed by atoms with Gasteiger partial charge in [-0.05, 0) is 6.07 Å². The average Bonchev–Trinajstić information content (AvgIpc) is 2.18. The molecule has 1 aromatic rings. The second kappa shape index (κ2) is 5.35. The summed E-state index contributed by atoms with van der Waals surface area (Å²) < 4.78 is 5.01. The number of hydrogen-bond acceptors (Lipinski definition) is 3. The van der Waals surface area contributed by atoms with Gasteiger partial charge >= 0.3 is 0 Å². The highest BCUT2D eigenvalue weighted by Crippen LogP contribution is 2.25. The topological polar surface area (TPSA) is 22.1 Å². The van der Waals surface area contributed by atoms with Crippen LogP contribution in [0.5, 0.6) is 5.88 Å². The molecule has 1 atom stereocenters. The van der Waals surface area contributed by atoms with Gasteiger partial charge in [-0.3, -0.25) is 0 Å². The van der Waals surface area contributed by atoms with Gasteiger partial charge in [0.15, 0.2) is 0 Å². The molecule has 2 nitrogen and oxygen atoms in total. The molecule has 1 unspecified atom stereocenters. The summed E-state index contributed by atoms with van der Waals surface area (Å²) in [5.74, 6) is 1.29. The van der Waals surface area contributed by atoms with E-state index in [1.165, 1.54) is 0 Å². The summed E-state index contributed by atoms with van der Waals surface area (Å²) in [4.78, 5) is 5.16. The minimum atomic E-state index is 0.411. The summed E-state index contributed by atoms with van der Waals surface area (Å²) in [5, 5.41) is 0.411. The van der Waals surface area contributed by atoms with Gasteiger partial charge in [-0.15, -0.1) is 23.4 Å². The van der Waals surface area contributed by atoms with E-state index in [1.54, 1.807) is 25.1 Å². The Morgan fingerprint density at radius 1 is 1.69 bits per heavy atom. The van der Waals surface area contributed by atoms with Gasteiger partial charge in [0.2, 0.25) is 5.88 Å². The first-order valence-corrected chi connectivity index (χ1v) is 5.40. The fraction of sp³-hybridized carbons (Fsp3) is 0.444. The lowest BCUT2D eigenvalue weighted by Gasteiger charge is -2.07. The molecular formula is C9H12ClNOS. The fourth-order valence-electron chi connectivity index (χ4n) is 0.840. The zero-order valence-corrected chi connectivity index (χ0v) is 9.23. The van der Waals surface area contributed by atoms with Crippen molar-refractivity contribution < 1.29 is 4.74 Å². The third-order valence-electron chi connectivity index (χ3n) is 1.47. The van der Waals surface area contributed by atoms with Crippen molar-refractivity contribution in [2.24, 2.45) is 0 Å². The third kappa shape index (κ3) is 3.44. The molecule has 0 fully saturated rings. The fourth-order valence-corrected chi connectivity index (χ4v) is 1.86. The summed E-state index contributed by atoms with van der Waals surface area (Å²) in [5.41, 5.74) is 0. The maximum Gasteiger partial charge on any atom is 0.214 e. The van der Waals surface area contributed by atoms with Crippen LogP contribution in [0.1, 0.15) is 6.92 Å². The molecule has 0 aliphatic rings. The van der Waals surface area contributed by atoms with E-state index in [2.05, 4.69) is 11.9 Å².